The Kier molecular flexibility index (Phi) is 4.21. The number of nitrogens with one attached hydrogen (secondary N) is 1. The van der Waals surface area contributed by atoms with E-state index in [2.05, 4.69) is 10.3 Å². The number of hydrogen-bond acceptors (Lipinski definition) is 4. The largest absolute Gasteiger partial charge is 0.373 e. The van der Waals surface area contributed by atoms with Crippen molar-refractivity contribution in [2.24, 2.45) is 5.84 Å². The van der Waals surface area contributed by atoms with Crippen LogP contribution in [0.2, 0.25) is 0 Å². The van der Waals surface area contributed by atoms with Gasteiger partial charge in [-0.2, -0.15) is 0 Å². The molecule has 0 radical (unpaired) electrons. The van der Waals surface area contributed by atoms with Gasteiger partial charge in [0.15, 0.2) is 11.6 Å². The van der Waals surface area contributed by atoms with Crippen molar-refractivity contribution in [1.29, 1.82) is 0 Å². The number of hydrogen-bond donors (Lipinski definition) is 2. The number of fused-ring (bicyclic) bond motifs is 1. The van der Waals surface area contributed by atoms with Crippen LogP contribution in [0.5, 0.6) is 0 Å². The molecule has 2 saturated heterocycles. The van der Waals surface area contributed by atoms with E-state index in [1.807, 2.05) is 0 Å². The first-order valence-corrected chi connectivity index (χ1v) is 7.38. The molecule has 0 aliphatic carbocycles. The maximum atomic E-state index is 14.2. The molecule has 3 rings (SSSR count). The summed E-state index contributed by atoms with van der Waals surface area (Å²) in [7, 11) is 0. The van der Waals surface area contributed by atoms with E-state index in [1.54, 1.807) is 19.1 Å². The van der Waals surface area contributed by atoms with Gasteiger partial charge in [0.1, 0.15) is 0 Å². The normalized spacial score (nSPS) is 27.6. The SMILES string of the molecule is Cc1ccc(C(NN)C2CN3CCCC3CO2)c(F)c1F. The summed E-state index contributed by atoms with van der Waals surface area (Å²) >= 11 is 0. The number of aryl methyl sites for hydroxylation is 1. The van der Waals surface area contributed by atoms with Gasteiger partial charge in [-0.05, 0) is 31.9 Å². The van der Waals surface area contributed by atoms with Gasteiger partial charge >= 0.3 is 0 Å². The summed E-state index contributed by atoms with van der Waals surface area (Å²) in [5.74, 6) is 3.93. The van der Waals surface area contributed by atoms with Crippen LogP contribution in [-0.4, -0.2) is 36.7 Å². The highest BCUT2D eigenvalue weighted by molar-refractivity contribution is 5.28. The van der Waals surface area contributed by atoms with E-state index in [-0.39, 0.29) is 17.2 Å². The van der Waals surface area contributed by atoms with Gasteiger partial charge in [0.2, 0.25) is 0 Å². The number of halogens is 2. The summed E-state index contributed by atoms with van der Waals surface area (Å²) in [6.45, 7) is 3.89. The first-order valence-electron chi connectivity index (χ1n) is 7.38. The molecule has 0 bridgehead atoms. The topological polar surface area (TPSA) is 50.5 Å². The quantitative estimate of drug-likeness (QED) is 0.658. The lowest BCUT2D eigenvalue weighted by molar-refractivity contribution is -0.0658. The van der Waals surface area contributed by atoms with Crippen molar-refractivity contribution in [1.82, 2.24) is 10.3 Å². The summed E-state index contributed by atoms with van der Waals surface area (Å²) in [5.41, 5.74) is 3.11. The lowest BCUT2D eigenvalue weighted by atomic mass is 9.98. The fourth-order valence-electron chi connectivity index (χ4n) is 3.34. The average Bonchev–Trinajstić information content (AvgIpc) is 2.95. The van der Waals surface area contributed by atoms with Crippen molar-refractivity contribution in [2.75, 3.05) is 19.7 Å². The Morgan fingerprint density at radius 1 is 1.38 bits per heavy atom. The van der Waals surface area contributed by atoms with Crippen LogP contribution < -0.4 is 11.3 Å². The van der Waals surface area contributed by atoms with Crippen molar-refractivity contribution in [3.8, 4) is 0 Å². The van der Waals surface area contributed by atoms with Crippen molar-refractivity contribution in [2.45, 2.75) is 38.0 Å². The Balaban J connectivity index is 1.83. The molecule has 21 heavy (non-hydrogen) atoms. The molecule has 1 aromatic rings. The Labute approximate surface area is 123 Å². The van der Waals surface area contributed by atoms with E-state index in [1.165, 1.54) is 0 Å². The minimum atomic E-state index is -0.843. The van der Waals surface area contributed by atoms with Crippen LogP contribution in [0, 0.1) is 18.6 Å². The number of hydrazine groups is 1. The third-order valence-electron chi connectivity index (χ3n) is 4.61. The molecule has 0 spiro atoms. The molecule has 0 aromatic heterocycles. The standard InChI is InChI=1S/C15H21F2N3O/c1-9-4-5-11(14(17)13(9)16)15(19-18)12-7-20-6-2-3-10(20)8-21-12/h4-5,10,12,15,19H,2-3,6-8,18H2,1H3. The summed E-state index contributed by atoms with van der Waals surface area (Å²) in [6.07, 6.45) is 2.02. The predicted molar refractivity (Wildman–Crippen MR) is 75.5 cm³/mol. The molecule has 3 atom stereocenters. The van der Waals surface area contributed by atoms with Crippen LogP contribution in [0.25, 0.3) is 0 Å². The lowest BCUT2D eigenvalue weighted by Crippen LogP contribution is -2.51. The van der Waals surface area contributed by atoms with Gasteiger partial charge in [0.05, 0.1) is 18.8 Å². The highest BCUT2D eigenvalue weighted by Gasteiger charge is 2.37. The fraction of sp³-hybridized carbons (Fsp3) is 0.600. The third kappa shape index (κ3) is 2.68. The Morgan fingerprint density at radius 2 is 2.19 bits per heavy atom. The zero-order valence-electron chi connectivity index (χ0n) is 12.1. The number of rotatable bonds is 3. The Bertz CT molecular complexity index is 526. The summed E-state index contributed by atoms with van der Waals surface area (Å²) in [5, 5.41) is 0. The van der Waals surface area contributed by atoms with Crippen LogP contribution in [0.4, 0.5) is 8.78 Å². The predicted octanol–water partition coefficient (Wildman–Crippen LogP) is 1.64. The molecule has 6 heteroatoms. The van der Waals surface area contributed by atoms with Crippen molar-refractivity contribution < 1.29 is 13.5 Å². The van der Waals surface area contributed by atoms with Gasteiger partial charge in [0, 0.05) is 18.2 Å². The first kappa shape index (κ1) is 14.8. The van der Waals surface area contributed by atoms with E-state index in [9.17, 15) is 8.78 Å². The van der Waals surface area contributed by atoms with E-state index < -0.39 is 17.7 Å². The monoisotopic (exact) mass is 297 g/mol. The van der Waals surface area contributed by atoms with Crippen LogP contribution in [0.3, 0.4) is 0 Å². The number of nitrogens with zero attached hydrogens (tertiary/aromatic N) is 1. The van der Waals surface area contributed by atoms with E-state index in [0.29, 0.717) is 19.2 Å². The second-order valence-electron chi connectivity index (χ2n) is 5.91. The zero-order valence-corrected chi connectivity index (χ0v) is 12.1. The molecule has 0 saturated carbocycles. The minimum Gasteiger partial charge on any atom is -0.373 e. The average molecular weight is 297 g/mol. The second-order valence-corrected chi connectivity index (χ2v) is 5.91. The maximum absolute atomic E-state index is 14.2. The number of morpholine rings is 1. The fourth-order valence-corrected chi connectivity index (χ4v) is 3.34. The maximum Gasteiger partial charge on any atom is 0.164 e. The molecule has 3 unspecified atom stereocenters. The molecule has 2 heterocycles. The zero-order chi connectivity index (χ0) is 15.0. The first-order chi connectivity index (χ1) is 10.1. The van der Waals surface area contributed by atoms with Gasteiger partial charge in [-0.15, -0.1) is 0 Å². The lowest BCUT2D eigenvalue weighted by Gasteiger charge is -2.38. The molecule has 2 aliphatic heterocycles. The van der Waals surface area contributed by atoms with Crippen molar-refractivity contribution in [3.63, 3.8) is 0 Å². The highest BCUT2D eigenvalue weighted by Crippen LogP contribution is 2.30. The van der Waals surface area contributed by atoms with Crippen LogP contribution in [-0.2, 0) is 4.74 Å². The van der Waals surface area contributed by atoms with E-state index in [4.69, 9.17) is 10.6 Å². The third-order valence-corrected chi connectivity index (χ3v) is 4.61. The van der Waals surface area contributed by atoms with Gasteiger partial charge in [0.25, 0.3) is 0 Å². The number of benzene rings is 1. The Hall–Kier alpha value is -1.08. The summed E-state index contributed by atoms with van der Waals surface area (Å²) < 4.78 is 33.8. The molecular weight excluding hydrogens is 276 g/mol. The number of ether oxygens (including phenoxy) is 1. The molecule has 0 amide bonds. The second kappa shape index (κ2) is 5.96. The van der Waals surface area contributed by atoms with Gasteiger partial charge in [-0.25, -0.2) is 8.78 Å². The Morgan fingerprint density at radius 3 is 2.95 bits per heavy atom. The van der Waals surface area contributed by atoms with Crippen molar-refractivity contribution in [3.05, 3.63) is 34.9 Å². The molecule has 2 fully saturated rings. The van der Waals surface area contributed by atoms with Crippen LogP contribution in [0.15, 0.2) is 12.1 Å². The molecular formula is C15H21F2N3O. The minimum absolute atomic E-state index is 0.225. The summed E-state index contributed by atoms with van der Waals surface area (Å²) in [4.78, 5) is 2.35. The van der Waals surface area contributed by atoms with E-state index >= 15 is 0 Å². The molecule has 2 aliphatic rings. The van der Waals surface area contributed by atoms with E-state index in [0.717, 1.165) is 19.4 Å². The smallest absolute Gasteiger partial charge is 0.164 e. The van der Waals surface area contributed by atoms with Gasteiger partial charge in [-0.1, -0.05) is 12.1 Å². The highest BCUT2D eigenvalue weighted by atomic mass is 19.2. The van der Waals surface area contributed by atoms with Crippen LogP contribution in [0.1, 0.15) is 30.0 Å². The molecule has 4 nitrogen and oxygen atoms in total. The van der Waals surface area contributed by atoms with Crippen LogP contribution >= 0.6 is 0 Å². The number of nitrogens with two attached hydrogens (primary N) is 1. The van der Waals surface area contributed by atoms with Gasteiger partial charge < -0.3 is 4.74 Å². The molecule has 1 aromatic carbocycles. The molecule has 116 valence electrons. The van der Waals surface area contributed by atoms with Gasteiger partial charge in [-0.3, -0.25) is 16.2 Å². The summed E-state index contributed by atoms with van der Waals surface area (Å²) in [6, 6.07) is 3.05. The molecule has 3 N–H and O–H groups in total. The van der Waals surface area contributed by atoms with Crippen molar-refractivity contribution >= 4 is 0 Å².